The first kappa shape index (κ1) is 21.9. The molecule has 0 radical (unpaired) electrons. The zero-order valence-electron chi connectivity index (χ0n) is 18.8. The largest absolute Gasteiger partial charge is 0.506 e. The predicted octanol–water partition coefficient (Wildman–Crippen LogP) is 0.911. The molecule has 3 aromatic rings. The van der Waals surface area contributed by atoms with Crippen LogP contribution in [0.3, 0.4) is 0 Å². The number of aromatic hydroxyl groups is 1. The molecule has 0 aliphatic carbocycles. The Balaban J connectivity index is 1.17. The number of rotatable bonds is 5. The summed E-state index contributed by atoms with van der Waals surface area (Å²) in [6, 6.07) is 8.33. The van der Waals surface area contributed by atoms with Crippen molar-refractivity contribution in [2.45, 2.75) is 12.8 Å². The lowest BCUT2D eigenvalue weighted by Crippen LogP contribution is -2.33. The lowest BCUT2D eigenvalue weighted by atomic mass is 10.0. The van der Waals surface area contributed by atoms with E-state index in [0.717, 1.165) is 18.9 Å². The quantitative estimate of drug-likeness (QED) is 0.514. The van der Waals surface area contributed by atoms with Gasteiger partial charge in [-0.15, -0.1) is 0 Å². The smallest absolute Gasteiger partial charge is 0.258 e. The number of para-hydroxylation sites is 1. The molecule has 2 saturated heterocycles. The summed E-state index contributed by atoms with van der Waals surface area (Å²) in [6.07, 6.45) is 2.13. The van der Waals surface area contributed by atoms with Gasteiger partial charge in [-0.05, 0) is 24.3 Å². The molecule has 2 aromatic heterocycles. The molecule has 176 valence electrons. The summed E-state index contributed by atoms with van der Waals surface area (Å²) in [5, 5.41) is 12.9. The van der Waals surface area contributed by atoms with Crippen molar-refractivity contribution >= 4 is 28.5 Å². The lowest BCUT2D eigenvalue weighted by molar-refractivity contribution is -0.130. The number of hydrogen-bond donors (Lipinski definition) is 3. The number of hydrogen-bond acceptors (Lipinski definition) is 7. The fraction of sp³-hybridized carbons (Fsp3) is 0.375. The van der Waals surface area contributed by atoms with Crippen molar-refractivity contribution in [2.75, 3.05) is 38.1 Å². The van der Waals surface area contributed by atoms with Crippen molar-refractivity contribution in [1.82, 2.24) is 25.2 Å². The SMILES string of the molecule is CNC(=O)c1ccc(N2C[C@H]3CN(C(=O)CCc4nc5c(O)cccc5c(=O)[nH]4)C[C@H]3C2)nc1. The van der Waals surface area contributed by atoms with Gasteiger partial charge in [-0.3, -0.25) is 14.4 Å². The first-order valence-electron chi connectivity index (χ1n) is 11.3. The van der Waals surface area contributed by atoms with E-state index >= 15 is 0 Å². The number of nitrogens with one attached hydrogen (secondary N) is 2. The van der Waals surface area contributed by atoms with Crippen LogP contribution in [-0.2, 0) is 11.2 Å². The number of amides is 2. The Hall–Kier alpha value is -3.95. The third-order valence-electron chi connectivity index (χ3n) is 6.74. The van der Waals surface area contributed by atoms with E-state index in [1.165, 1.54) is 6.07 Å². The van der Waals surface area contributed by atoms with Gasteiger partial charge in [0.15, 0.2) is 0 Å². The van der Waals surface area contributed by atoms with Crippen LogP contribution in [0.5, 0.6) is 5.75 Å². The van der Waals surface area contributed by atoms with E-state index in [2.05, 4.69) is 25.2 Å². The summed E-state index contributed by atoms with van der Waals surface area (Å²) in [6.45, 7) is 3.02. The van der Waals surface area contributed by atoms with Gasteiger partial charge in [0, 0.05) is 64.1 Å². The molecular formula is C24H26N6O4. The van der Waals surface area contributed by atoms with Gasteiger partial charge in [0.25, 0.3) is 11.5 Å². The average molecular weight is 463 g/mol. The average Bonchev–Trinajstić information content (AvgIpc) is 3.43. The van der Waals surface area contributed by atoms with E-state index < -0.39 is 0 Å². The molecular weight excluding hydrogens is 436 g/mol. The second kappa shape index (κ2) is 8.77. The molecule has 0 unspecified atom stereocenters. The van der Waals surface area contributed by atoms with Gasteiger partial charge in [-0.2, -0.15) is 0 Å². The number of likely N-dealkylation sites (tertiary alicyclic amines) is 1. The van der Waals surface area contributed by atoms with Crippen LogP contribution in [0, 0.1) is 11.8 Å². The van der Waals surface area contributed by atoms with Crippen LogP contribution < -0.4 is 15.8 Å². The number of pyridine rings is 1. The molecule has 2 fully saturated rings. The molecule has 0 spiro atoms. The van der Waals surface area contributed by atoms with E-state index in [0.29, 0.717) is 48.1 Å². The maximum Gasteiger partial charge on any atom is 0.258 e. The molecule has 2 atom stereocenters. The molecule has 4 heterocycles. The van der Waals surface area contributed by atoms with Crippen LogP contribution in [0.1, 0.15) is 22.6 Å². The number of carbonyl (C=O) groups excluding carboxylic acids is 2. The third-order valence-corrected chi connectivity index (χ3v) is 6.74. The van der Waals surface area contributed by atoms with E-state index in [-0.39, 0.29) is 35.1 Å². The van der Waals surface area contributed by atoms with Gasteiger partial charge in [-0.1, -0.05) is 6.07 Å². The van der Waals surface area contributed by atoms with Crippen LogP contribution in [0.2, 0.25) is 0 Å². The summed E-state index contributed by atoms with van der Waals surface area (Å²) in [7, 11) is 1.59. The molecule has 3 N–H and O–H groups in total. The normalized spacial score (nSPS) is 19.4. The van der Waals surface area contributed by atoms with Crippen molar-refractivity contribution < 1.29 is 14.7 Å². The summed E-state index contributed by atoms with van der Waals surface area (Å²) in [5.41, 5.74) is 0.456. The molecule has 10 nitrogen and oxygen atoms in total. The van der Waals surface area contributed by atoms with Gasteiger partial charge >= 0.3 is 0 Å². The van der Waals surface area contributed by atoms with Gasteiger partial charge in [-0.25, -0.2) is 9.97 Å². The monoisotopic (exact) mass is 462 g/mol. The summed E-state index contributed by atoms with van der Waals surface area (Å²) in [5.74, 6) is 1.81. The Labute approximate surface area is 195 Å². The number of aromatic amines is 1. The van der Waals surface area contributed by atoms with Crippen molar-refractivity contribution in [2.24, 2.45) is 11.8 Å². The molecule has 1 aromatic carbocycles. The minimum atomic E-state index is -0.323. The summed E-state index contributed by atoms with van der Waals surface area (Å²) in [4.78, 5) is 52.4. The zero-order chi connectivity index (χ0) is 23.8. The molecule has 0 bridgehead atoms. The number of aromatic nitrogens is 3. The van der Waals surface area contributed by atoms with Crippen LogP contribution in [-0.4, -0.2) is 70.0 Å². The van der Waals surface area contributed by atoms with E-state index in [1.54, 1.807) is 31.4 Å². The Kier molecular flexibility index (Phi) is 5.64. The van der Waals surface area contributed by atoms with Crippen LogP contribution in [0.15, 0.2) is 41.3 Å². The minimum absolute atomic E-state index is 0.0361. The van der Waals surface area contributed by atoms with Gasteiger partial charge in [0.1, 0.15) is 22.9 Å². The number of carbonyl (C=O) groups is 2. The molecule has 2 amide bonds. The fourth-order valence-electron chi connectivity index (χ4n) is 4.93. The van der Waals surface area contributed by atoms with E-state index in [4.69, 9.17) is 0 Å². The second-order valence-corrected chi connectivity index (χ2v) is 8.89. The standard InChI is InChI=1S/C24H26N6O4/c1-25-23(33)14-5-7-20(26-9-14)29-10-15-12-30(13-16(15)11-29)21(32)8-6-19-27-22-17(24(34)28-19)3-2-4-18(22)31/h2-5,7,9,15-16,31H,6,8,10-13H2,1H3,(H,25,33)(H,27,28,34)/t15-,16+. The number of phenolic OH excluding ortho intramolecular Hbond substituents is 1. The number of aryl methyl sites for hydroxylation is 1. The minimum Gasteiger partial charge on any atom is -0.506 e. The third kappa shape index (κ3) is 4.07. The summed E-state index contributed by atoms with van der Waals surface area (Å²) >= 11 is 0. The number of benzene rings is 1. The van der Waals surface area contributed by atoms with Crippen LogP contribution >= 0.6 is 0 Å². The Morgan fingerprint density at radius 1 is 1.15 bits per heavy atom. The summed E-state index contributed by atoms with van der Waals surface area (Å²) < 4.78 is 0. The molecule has 0 saturated carbocycles. The number of anilines is 1. The van der Waals surface area contributed by atoms with E-state index in [1.807, 2.05) is 11.0 Å². The number of phenols is 1. The predicted molar refractivity (Wildman–Crippen MR) is 126 cm³/mol. The molecule has 2 aliphatic rings. The molecule has 34 heavy (non-hydrogen) atoms. The van der Waals surface area contributed by atoms with Gasteiger partial charge in [0.05, 0.1) is 10.9 Å². The highest BCUT2D eigenvalue weighted by atomic mass is 16.3. The van der Waals surface area contributed by atoms with Crippen molar-refractivity contribution in [3.05, 3.63) is 58.3 Å². The highest BCUT2D eigenvalue weighted by molar-refractivity contribution is 5.93. The lowest BCUT2D eigenvalue weighted by Gasteiger charge is -2.22. The van der Waals surface area contributed by atoms with E-state index in [9.17, 15) is 19.5 Å². The van der Waals surface area contributed by atoms with Crippen LogP contribution in [0.4, 0.5) is 5.82 Å². The van der Waals surface area contributed by atoms with Crippen molar-refractivity contribution in [3.8, 4) is 5.75 Å². The first-order chi connectivity index (χ1) is 16.4. The van der Waals surface area contributed by atoms with Crippen molar-refractivity contribution in [1.29, 1.82) is 0 Å². The Morgan fingerprint density at radius 2 is 1.91 bits per heavy atom. The Bertz CT molecular complexity index is 1290. The Morgan fingerprint density at radius 3 is 2.59 bits per heavy atom. The zero-order valence-corrected chi connectivity index (χ0v) is 18.8. The first-order valence-corrected chi connectivity index (χ1v) is 11.3. The molecule has 5 rings (SSSR count). The van der Waals surface area contributed by atoms with Crippen molar-refractivity contribution in [3.63, 3.8) is 0 Å². The highest BCUT2D eigenvalue weighted by Gasteiger charge is 2.41. The number of nitrogens with zero attached hydrogens (tertiary/aromatic N) is 4. The number of fused-ring (bicyclic) bond motifs is 2. The second-order valence-electron chi connectivity index (χ2n) is 8.89. The number of H-pyrrole nitrogens is 1. The van der Waals surface area contributed by atoms with Crippen LogP contribution in [0.25, 0.3) is 10.9 Å². The van der Waals surface area contributed by atoms with Gasteiger partial charge < -0.3 is 25.2 Å². The molecule has 2 aliphatic heterocycles. The maximum absolute atomic E-state index is 12.8. The highest BCUT2D eigenvalue weighted by Crippen LogP contribution is 2.33. The van der Waals surface area contributed by atoms with Gasteiger partial charge in [0.2, 0.25) is 5.91 Å². The fourth-order valence-corrected chi connectivity index (χ4v) is 4.93. The molecule has 10 heteroatoms. The topological polar surface area (TPSA) is 132 Å². The maximum atomic E-state index is 12.8.